The summed E-state index contributed by atoms with van der Waals surface area (Å²) >= 11 is 0. The van der Waals surface area contributed by atoms with Crippen LogP contribution in [-0.2, 0) is 15.2 Å². The molecule has 0 bridgehead atoms. The van der Waals surface area contributed by atoms with Crippen molar-refractivity contribution in [1.82, 2.24) is 5.43 Å². The van der Waals surface area contributed by atoms with Crippen LogP contribution in [0.4, 0.5) is 5.69 Å². The molecule has 1 atom stereocenters. The van der Waals surface area contributed by atoms with Gasteiger partial charge in [0, 0.05) is 6.21 Å². The SMILES string of the molecule is CC1=NN(c2ccccc2)C(=O)[C@@H]1/C=N\NC(=O)C(O)(c1ccccc1)c1ccccc1. The Hall–Kier alpha value is -4.10. The van der Waals surface area contributed by atoms with Crippen LogP contribution in [0.25, 0.3) is 0 Å². The second-order valence-electron chi connectivity index (χ2n) is 7.37. The van der Waals surface area contributed by atoms with E-state index in [1.807, 2.05) is 18.2 Å². The Balaban J connectivity index is 1.54. The fourth-order valence-electron chi connectivity index (χ4n) is 3.54. The maximum atomic E-state index is 13.1. The van der Waals surface area contributed by atoms with Crippen molar-refractivity contribution in [1.29, 1.82) is 0 Å². The van der Waals surface area contributed by atoms with Gasteiger partial charge in [-0.3, -0.25) is 9.59 Å². The van der Waals surface area contributed by atoms with Gasteiger partial charge in [0.2, 0.25) is 0 Å². The molecule has 3 aromatic carbocycles. The van der Waals surface area contributed by atoms with Crippen LogP contribution in [0.1, 0.15) is 18.1 Å². The fraction of sp³-hybridized carbons (Fsp3) is 0.120. The summed E-state index contributed by atoms with van der Waals surface area (Å²) in [6.45, 7) is 1.73. The molecule has 2 N–H and O–H groups in total. The van der Waals surface area contributed by atoms with Crippen LogP contribution in [0.15, 0.2) is 101 Å². The molecule has 0 radical (unpaired) electrons. The van der Waals surface area contributed by atoms with Crippen molar-refractivity contribution >= 4 is 29.4 Å². The monoisotopic (exact) mass is 426 g/mol. The van der Waals surface area contributed by atoms with Gasteiger partial charge in [-0.1, -0.05) is 78.9 Å². The summed E-state index contributed by atoms with van der Waals surface area (Å²) < 4.78 is 0. The molecule has 0 saturated carbocycles. The fourth-order valence-corrected chi connectivity index (χ4v) is 3.54. The van der Waals surface area contributed by atoms with Crippen molar-refractivity contribution in [3.05, 3.63) is 102 Å². The summed E-state index contributed by atoms with van der Waals surface area (Å²) in [4.78, 5) is 25.9. The standard InChI is InChI=1S/C25H22N4O3/c1-18-22(23(30)29(28-18)21-15-9-4-10-16-21)17-26-27-24(31)25(32,19-11-5-2-6-12-19)20-13-7-3-8-14-20/h2-17,22,32H,1H3,(H,27,31)/b26-17-/t22-/m1/s1. The molecular weight excluding hydrogens is 404 g/mol. The van der Waals surface area contributed by atoms with Gasteiger partial charge < -0.3 is 5.11 Å². The molecule has 0 unspecified atom stereocenters. The van der Waals surface area contributed by atoms with E-state index < -0.39 is 17.4 Å². The first-order valence-electron chi connectivity index (χ1n) is 10.1. The number of hydrogen-bond donors (Lipinski definition) is 2. The number of carbonyl (C=O) groups is 2. The topological polar surface area (TPSA) is 94.4 Å². The minimum atomic E-state index is -1.95. The summed E-state index contributed by atoms with van der Waals surface area (Å²) in [5, 5.41) is 21.0. The number of amides is 2. The van der Waals surface area contributed by atoms with Gasteiger partial charge in [-0.2, -0.15) is 15.2 Å². The van der Waals surface area contributed by atoms with E-state index in [1.165, 1.54) is 11.2 Å². The van der Waals surface area contributed by atoms with E-state index in [1.54, 1.807) is 79.7 Å². The summed E-state index contributed by atoms with van der Waals surface area (Å²) in [5.74, 6) is -1.71. The Morgan fingerprint density at radius 2 is 1.47 bits per heavy atom. The molecule has 0 fully saturated rings. The molecule has 0 aliphatic carbocycles. The smallest absolute Gasteiger partial charge is 0.281 e. The lowest BCUT2D eigenvalue weighted by Crippen LogP contribution is -2.43. The van der Waals surface area contributed by atoms with E-state index in [2.05, 4.69) is 15.6 Å². The van der Waals surface area contributed by atoms with E-state index in [4.69, 9.17) is 0 Å². The van der Waals surface area contributed by atoms with Crippen LogP contribution in [0.5, 0.6) is 0 Å². The Bertz CT molecular complexity index is 1120. The minimum Gasteiger partial charge on any atom is -0.372 e. The van der Waals surface area contributed by atoms with Crippen LogP contribution in [0.3, 0.4) is 0 Å². The molecule has 3 aromatic rings. The highest BCUT2D eigenvalue weighted by atomic mass is 16.3. The van der Waals surface area contributed by atoms with Crippen molar-refractivity contribution in [3.8, 4) is 0 Å². The molecule has 0 aromatic heterocycles. The highest BCUT2D eigenvalue weighted by Crippen LogP contribution is 2.30. The number of nitrogens with one attached hydrogen (secondary N) is 1. The van der Waals surface area contributed by atoms with Crippen molar-refractivity contribution in [2.24, 2.45) is 16.1 Å². The predicted molar refractivity (Wildman–Crippen MR) is 123 cm³/mol. The van der Waals surface area contributed by atoms with Crippen molar-refractivity contribution in [2.45, 2.75) is 12.5 Å². The van der Waals surface area contributed by atoms with E-state index in [0.717, 1.165) is 0 Å². The van der Waals surface area contributed by atoms with E-state index in [-0.39, 0.29) is 5.91 Å². The summed E-state index contributed by atoms with van der Waals surface area (Å²) in [6.07, 6.45) is 1.33. The lowest BCUT2D eigenvalue weighted by molar-refractivity contribution is -0.136. The van der Waals surface area contributed by atoms with Crippen LogP contribution in [0, 0.1) is 5.92 Å². The Morgan fingerprint density at radius 3 is 2.00 bits per heavy atom. The number of hydrogen-bond acceptors (Lipinski definition) is 5. The highest BCUT2D eigenvalue weighted by Gasteiger charge is 2.40. The quantitative estimate of drug-likeness (QED) is 0.469. The van der Waals surface area contributed by atoms with Crippen molar-refractivity contribution in [3.63, 3.8) is 0 Å². The van der Waals surface area contributed by atoms with Gasteiger partial charge in [0.25, 0.3) is 11.8 Å². The number of benzene rings is 3. The number of anilines is 1. The first-order chi connectivity index (χ1) is 15.5. The van der Waals surface area contributed by atoms with E-state index in [0.29, 0.717) is 22.5 Å². The Kier molecular flexibility index (Phi) is 5.91. The lowest BCUT2D eigenvalue weighted by Gasteiger charge is -2.27. The van der Waals surface area contributed by atoms with Crippen LogP contribution in [0.2, 0.25) is 0 Å². The van der Waals surface area contributed by atoms with E-state index >= 15 is 0 Å². The first-order valence-corrected chi connectivity index (χ1v) is 10.1. The second kappa shape index (κ2) is 8.95. The summed E-state index contributed by atoms with van der Waals surface area (Å²) in [5.41, 5.74) is 2.47. The predicted octanol–water partition coefficient (Wildman–Crippen LogP) is 3.06. The Morgan fingerprint density at radius 1 is 0.969 bits per heavy atom. The van der Waals surface area contributed by atoms with Crippen LogP contribution < -0.4 is 10.4 Å². The number of hydrazone groups is 2. The average Bonchev–Trinajstić information content (AvgIpc) is 3.13. The normalized spacial score (nSPS) is 16.3. The molecule has 1 aliphatic rings. The number of nitrogens with zero attached hydrogens (tertiary/aromatic N) is 3. The zero-order chi connectivity index (χ0) is 22.6. The lowest BCUT2D eigenvalue weighted by atomic mass is 9.85. The number of rotatable bonds is 6. The summed E-state index contributed by atoms with van der Waals surface area (Å²) in [6, 6.07) is 26.4. The van der Waals surface area contributed by atoms with Crippen LogP contribution >= 0.6 is 0 Å². The van der Waals surface area contributed by atoms with Gasteiger partial charge in [0.1, 0.15) is 5.92 Å². The Labute approximate surface area is 185 Å². The van der Waals surface area contributed by atoms with Gasteiger partial charge in [-0.25, -0.2) is 5.43 Å². The summed E-state index contributed by atoms with van der Waals surface area (Å²) in [7, 11) is 0. The molecule has 32 heavy (non-hydrogen) atoms. The third-order valence-electron chi connectivity index (χ3n) is 5.28. The zero-order valence-electron chi connectivity index (χ0n) is 17.4. The average molecular weight is 426 g/mol. The molecule has 0 saturated heterocycles. The first kappa shape index (κ1) is 21.1. The number of para-hydroxylation sites is 1. The molecular formula is C25H22N4O3. The van der Waals surface area contributed by atoms with Gasteiger partial charge in [-0.15, -0.1) is 0 Å². The third-order valence-corrected chi connectivity index (χ3v) is 5.28. The maximum absolute atomic E-state index is 13.1. The minimum absolute atomic E-state index is 0.270. The van der Waals surface area contributed by atoms with E-state index in [9.17, 15) is 14.7 Å². The molecule has 7 nitrogen and oxygen atoms in total. The molecule has 0 spiro atoms. The zero-order valence-corrected chi connectivity index (χ0v) is 17.4. The molecule has 1 aliphatic heterocycles. The van der Waals surface area contributed by atoms with Gasteiger partial charge >= 0.3 is 0 Å². The number of carbonyl (C=O) groups excluding carboxylic acids is 2. The van der Waals surface area contributed by atoms with Gasteiger partial charge in [0.05, 0.1) is 11.4 Å². The second-order valence-corrected chi connectivity index (χ2v) is 7.37. The molecule has 160 valence electrons. The number of aliphatic hydroxyl groups is 1. The molecule has 2 amide bonds. The largest absolute Gasteiger partial charge is 0.372 e. The van der Waals surface area contributed by atoms with Gasteiger partial charge in [-0.05, 0) is 30.2 Å². The molecule has 7 heteroatoms. The maximum Gasteiger partial charge on any atom is 0.281 e. The van der Waals surface area contributed by atoms with Crippen molar-refractivity contribution < 1.29 is 14.7 Å². The highest BCUT2D eigenvalue weighted by molar-refractivity contribution is 6.23. The molecule has 4 rings (SSSR count). The van der Waals surface area contributed by atoms with Gasteiger partial charge in [0.15, 0.2) is 5.60 Å². The van der Waals surface area contributed by atoms with Crippen molar-refractivity contribution in [2.75, 3.05) is 5.01 Å². The molecule has 1 heterocycles. The van der Waals surface area contributed by atoms with Crippen LogP contribution in [-0.4, -0.2) is 28.8 Å². The third kappa shape index (κ3) is 3.93.